The van der Waals surface area contributed by atoms with E-state index in [2.05, 4.69) is 27.4 Å². The molecule has 21 heavy (non-hydrogen) atoms. The van der Waals surface area contributed by atoms with Crippen molar-refractivity contribution in [3.8, 4) is 0 Å². The molecule has 0 spiro atoms. The summed E-state index contributed by atoms with van der Waals surface area (Å²) in [5.41, 5.74) is 2.03. The summed E-state index contributed by atoms with van der Waals surface area (Å²) in [6, 6.07) is 4.03. The lowest BCUT2D eigenvalue weighted by molar-refractivity contribution is 0.00760. The van der Waals surface area contributed by atoms with Crippen molar-refractivity contribution < 1.29 is 4.74 Å². The Balaban J connectivity index is 1.72. The minimum atomic E-state index is 0.152. The molecule has 4 rings (SSSR count). The maximum atomic E-state index is 5.98. The number of thioether (sulfide) groups is 1. The average Bonchev–Trinajstić information content (AvgIpc) is 3.17. The number of rotatable bonds is 3. The quantitative estimate of drug-likeness (QED) is 0.869. The summed E-state index contributed by atoms with van der Waals surface area (Å²) in [6.45, 7) is 1.88. The molecule has 2 aliphatic heterocycles. The zero-order chi connectivity index (χ0) is 14.1. The van der Waals surface area contributed by atoms with Crippen molar-refractivity contribution in [2.75, 3.05) is 12.4 Å². The van der Waals surface area contributed by atoms with E-state index in [1.54, 1.807) is 0 Å². The van der Waals surface area contributed by atoms with E-state index in [0.717, 1.165) is 36.6 Å². The van der Waals surface area contributed by atoms with Gasteiger partial charge >= 0.3 is 0 Å². The highest BCUT2D eigenvalue weighted by atomic mass is 32.2. The third-order valence-electron chi connectivity index (χ3n) is 4.41. The highest BCUT2D eigenvalue weighted by Crippen LogP contribution is 2.33. The second kappa shape index (κ2) is 5.97. The summed E-state index contributed by atoms with van der Waals surface area (Å²) >= 11 is 2.09. The standard InChI is InChI=1S/C16H21N3OS/c1-2-9-20-14(7-1)16-18-13-6-3-8-17-15(13)19(16)11-12-5-4-10-21-12/h3,6,8,12,14H,1-2,4-5,7,9-11H2. The predicted octanol–water partition coefficient (Wildman–Crippen LogP) is 3.57. The Morgan fingerprint density at radius 3 is 3.10 bits per heavy atom. The highest BCUT2D eigenvalue weighted by molar-refractivity contribution is 8.00. The molecule has 2 aromatic heterocycles. The van der Waals surface area contributed by atoms with E-state index in [4.69, 9.17) is 9.72 Å². The van der Waals surface area contributed by atoms with Crippen LogP contribution in [0.5, 0.6) is 0 Å². The van der Waals surface area contributed by atoms with E-state index < -0.39 is 0 Å². The Hall–Kier alpha value is -1.07. The molecule has 4 heterocycles. The number of pyridine rings is 1. The number of imidazole rings is 1. The first kappa shape index (κ1) is 13.6. The maximum Gasteiger partial charge on any atom is 0.160 e. The topological polar surface area (TPSA) is 39.9 Å². The van der Waals surface area contributed by atoms with Crippen LogP contribution in [0.1, 0.15) is 44.0 Å². The van der Waals surface area contributed by atoms with Crippen LogP contribution in [-0.2, 0) is 11.3 Å². The molecule has 2 atom stereocenters. The molecule has 2 aromatic rings. The minimum absolute atomic E-state index is 0.152. The van der Waals surface area contributed by atoms with Crippen LogP contribution in [0.3, 0.4) is 0 Å². The summed E-state index contributed by atoms with van der Waals surface area (Å²) in [5, 5.41) is 0.701. The van der Waals surface area contributed by atoms with Gasteiger partial charge in [0.25, 0.3) is 0 Å². The monoisotopic (exact) mass is 303 g/mol. The number of fused-ring (bicyclic) bond motifs is 1. The van der Waals surface area contributed by atoms with Crippen molar-refractivity contribution in [1.29, 1.82) is 0 Å². The van der Waals surface area contributed by atoms with Crippen molar-refractivity contribution in [3.05, 3.63) is 24.2 Å². The molecular weight excluding hydrogens is 282 g/mol. The molecule has 0 saturated carbocycles. The molecule has 2 aliphatic rings. The van der Waals surface area contributed by atoms with E-state index in [1.165, 1.54) is 31.4 Å². The average molecular weight is 303 g/mol. The van der Waals surface area contributed by atoms with Crippen LogP contribution in [-0.4, -0.2) is 32.1 Å². The molecule has 0 bridgehead atoms. The smallest absolute Gasteiger partial charge is 0.160 e. The molecule has 0 amide bonds. The second-order valence-electron chi connectivity index (χ2n) is 5.92. The zero-order valence-electron chi connectivity index (χ0n) is 12.2. The number of aromatic nitrogens is 3. The molecule has 5 heteroatoms. The fraction of sp³-hybridized carbons (Fsp3) is 0.625. The molecule has 2 fully saturated rings. The summed E-state index contributed by atoms with van der Waals surface area (Å²) in [7, 11) is 0. The third kappa shape index (κ3) is 2.69. The summed E-state index contributed by atoms with van der Waals surface area (Å²) < 4.78 is 8.31. The summed E-state index contributed by atoms with van der Waals surface area (Å²) in [5.74, 6) is 2.39. The lowest BCUT2D eigenvalue weighted by atomic mass is 10.1. The fourth-order valence-electron chi connectivity index (χ4n) is 3.34. The van der Waals surface area contributed by atoms with Crippen LogP contribution in [0, 0.1) is 0 Å². The largest absolute Gasteiger partial charge is 0.370 e. The van der Waals surface area contributed by atoms with Gasteiger partial charge < -0.3 is 9.30 Å². The van der Waals surface area contributed by atoms with Crippen molar-refractivity contribution in [2.45, 2.75) is 50.0 Å². The lowest BCUT2D eigenvalue weighted by Crippen LogP contribution is -2.19. The van der Waals surface area contributed by atoms with E-state index in [1.807, 2.05) is 12.3 Å². The van der Waals surface area contributed by atoms with Crippen LogP contribution in [0.4, 0.5) is 0 Å². The van der Waals surface area contributed by atoms with Gasteiger partial charge in [-0.15, -0.1) is 0 Å². The van der Waals surface area contributed by atoms with Crippen molar-refractivity contribution >= 4 is 22.9 Å². The van der Waals surface area contributed by atoms with Crippen LogP contribution in [0.15, 0.2) is 18.3 Å². The molecule has 2 saturated heterocycles. The van der Waals surface area contributed by atoms with Crippen LogP contribution < -0.4 is 0 Å². The van der Waals surface area contributed by atoms with Gasteiger partial charge in [-0.3, -0.25) is 0 Å². The van der Waals surface area contributed by atoms with Crippen LogP contribution >= 0.6 is 11.8 Å². The molecule has 0 radical (unpaired) electrons. The van der Waals surface area contributed by atoms with E-state index >= 15 is 0 Å². The van der Waals surface area contributed by atoms with Crippen LogP contribution in [0.2, 0.25) is 0 Å². The van der Waals surface area contributed by atoms with Gasteiger partial charge in [0, 0.05) is 24.6 Å². The SMILES string of the molecule is c1cnc2c(c1)nc(C1CCCCO1)n2CC1CCCS1. The molecule has 0 N–H and O–H groups in total. The van der Waals surface area contributed by atoms with Gasteiger partial charge in [0.05, 0.1) is 0 Å². The van der Waals surface area contributed by atoms with Crippen molar-refractivity contribution in [2.24, 2.45) is 0 Å². The first-order chi connectivity index (χ1) is 10.4. The van der Waals surface area contributed by atoms with Crippen molar-refractivity contribution in [3.63, 3.8) is 0 Å². The van der Waals surface area contributed by atoms with Gasteiger partial charge in [0.2, 0.25) is 0 Å². The summed E-state index contributed by atoms with van der Waals surface area (Å²) in [4.78, 5) is 9.42. The Kier molecular flexibility index (Phi) is 3.86. The van der Waals surface area contributed by atoms with Gasteiger partial charge in [-0.05, 0) is 50.0 Å². The molecular formula is C16H21N3OS. The van der Waals surface area contributed by atoms with Gasteiger partial charge in [-0.25, -0.2) is 9.97 Å². The van der Waals surface area contributed by atoms with Gasteiger partial charge in [0.15, 0.2) is 5.65 Å². The molecule has 112 valence electrons. The van der Waals surface area contributed by atoms with E-state index in [0.29, 0.717) is 5.25 Å². The molecule has 0 aliphatic carbocycles. The first-order valence-electron chi connectivity index (χ1n) is 7.96. The maximum absolute atomic E-state index is 5.98. The number of ether oxygens (including phenoxy) is 1. The zero-order valence-corrected chi connectivity index (χ0v) is 13.0. The van der Waals surface area contributed by atoms with Gasteiger partial charge in [0.1, 0.15) is 17.4 Å². The lowest BCUT2D eigenvalue weighted by Gasteiger charge is -2.23. The van der Waals surface area contributed by atoms with E-state index in [9.17, 15) is 0 Å². The number of hydrogen-bond donors (Lipinski definition) is 0. The molecule has 4 nitrogen and oxygen atoms in total. The third-order valence-corrected chi connectivity index (χ3v) is 5.79. The number of nitrogens with zero attached hydrogens (tertiary/aromatic N) is 3. The Morgan fingerprint density at radius 2 is 2.29 bits per heavy atom. The molecule has 0 aromatic carbocycles. The van der Waals surface area contributed by atoms with Gasteiger partial charge in [-0.2, -0.15) is 11.8 Å². The van der Waals surface area contributed by atoms with Crippen molar-refractivity contribution in [1.82, 2.24) is 14.5 Å². The second-order valence-corrected chi connectivity index (χ2v) is 7.33. The first-order valence-corrected chi connectivity index (χ1v) is 9.01. The van der Waals surface area contributed by atoms with E-state index in [-0.39, 0.29) is 6.10 Å². The predicted molar refractivity (Wildman–Crippen MR) is 85.6 cm³/mol. The van der Waals surface area contributed by atoms with Crippen LogP contribution in [0.25, 0.3) is 11.2 Å². The Bertz CT molecular complexity index is 615. The Labute approximate surface area is 129 Å². The number of hydrogen-bond acceptors (Lipinski definition) is 4. The normalized spacial score (nSPS) is 26.5. The highest BCUT2D eigenvalue weighted by Gasteiger charge is 2.26. The molecule has 2 unspecified atom stereocenters. The fourth-order valence-corrected chi connectivity index (χ4v) is 4.59. The van der Waals surface area contributed by atoms with Gasteiger partial charge in [-0.1, -0.05) is 0 Å². The minimum Gasteiger partial charge on any atom is -0.370 e. The Morgan fingerprint density at radius 1 is 1.29 bits per heavy atom. The summed E-state index contributed by atoms with van der Waals surface area (Å²) in [6.07, 6.45) is 8.16.